The number of nitrogens with one attached hydrogen (secondary N) is 1. The molecule has 24 heavy (non-hydrogen) atoms. The molecule has 2 aromatic rings. The minimum atomic E-state index is -0.508. The fourth-order valence-electron chi connectivity index (χ4n) is 3.00. The summed E-state index contributed by atoms with van der Waals surface area (Å²) in [7, 11) is 0. The fraction of sp³-hybridized carbons (Fsp3) is 0.562. The van der Waals surface area contributed by atoms with Crippen molar-refractivity contribution in [2.75, 3.05) is 13.1 Å². The van der Waals surface area contributed by atoms with E-state index in [9.17, 15) is 9.59 Å². The molecule has 0 unspecified atom stereocenters. The summed E-state index contributed by atoms with van der Waals surface area (Å²) < 4.78 is 7.12. The third-order valence-electron chi connectivity index (χ3n) is 4.05. The number of imidazole rings is 1. The van der Waals surface area contributed by atoms with Crippen LogP contribution in [-0.2, 0) is 4.74 Å². The number of halogens is 1. The van der Waals surface area contributed by atoms with E-state index in [1.54, 1.807) is 21.7 Å². The highest BCUT2D eigenvalue weighted by molar-refractivity contribution is 6.29. The predicted octanol–water partition coefficient (Wildman–Crippen LogP) is 2.95. The van der Waals surface area contributed by atoms with Crippen molar-refractivity contribution in [2.24, 2.45) is 0 Å². The minimum Gasteiger partial charge on any atom is -0.444 e. The number of hydrogen-bond acceptors (Lipinski definition) is 4. The van der Waals surface area contributed by atoms with Crippen molar-refractivity contribution >= 4 is 28.7 Å². The zero-order valence-corrected chi connectivity index (χ0v) is 14.8. The van der Waals surface area contributed by atoms with Crippen LogP contribution in [0.2, 0.25) is 5.15 Å². The average Bonchev–Trinajstić information content (AvgIpc) is 2.81. The normalized spacial score (nSPS) is 16.6. The zero-order valence-electron chi connectivity index (χ0n) is 14.0. The Kier molecular flexibility index (Phi) is 4.29. The lowest BCUT2D eigenvalue weighted by atomic mass is 10.0. The molecule has 3 heterocycles. The quantitative estimate of drug-likeness (QED) is 0.800. The maximum atomic E-state index is 12.3. The number of ether oxygens (including phenoxy) is 1. The molecular weight excluding hydrogens is 332 g/mol. The Morgan fingerprint density at radius 2 is 2.04 bits per heavy atom. The van der Waals surface area contributed by atoms with Crippen LogP contribution in [0.3, 0.4) is 0 Å². The Morgan fingerprint density at radius 1 is 1.38 bits per heavy atom. The van der Waals surface area contributed by atoms with Gasteiger partial charge in [-0.1, -0.05) is 11.6 Å². The van der Waals surface area contributed by atoms with E-state index in [1.807, 2.05) is 20.8 Å². The van der Waals surface area contributed by atoms with Gasteiger partial charge in [0.2, 0.25) is 0 Å². The van der Waals surface area contributed by atoms with E-state index in [0.29, 0.717) is 36.6 Å². The van der Waals surface area contributed by atoms with Crippen LogP contribution in [0.4, 0.5) is 4.79 Å². The van der Waals surface area contributed by atoms with E-state index in [1.165, 1.54) is 0 Å². The van der Waals surface area contributed by atoms with E-state index in [0.717, 1.165) is 5.52 Å². The Balaban J connectivity index is 1.76. The number of aromatic amines is 1. The molecule has 7 nitrogen and oxygen atoms in total. The summed E-state index contributed by atoms with van der Waals surface area (Å²) in [6, 6.07) is 1.71. The van der Waals surface area contributed by atoms with Crippen LogP contribution in [0.5, 0.6) is 0 Å². The van der Waals surface area contributed by atoms with E-state index in [2.05, 4.69) is 9.97 Å². The highest BCUT2D eigenvalue weighted by Gasteiger charge is 2.29. The third-order valence-corrected chi connectivity index (χ3v) is 4.26. The molecular formula is C16H21ClN4O3. The van der Waals surface area contributed by atoms with Crippen LogP contribution in [0.1, 0.15) is 39.7 Å². The first-order valence-electron chi connectivity index (χ1n) is 7.98. The smallest absolute Gasteiger partial charge is 0.410 e. The minimum absolute atomic E-state index is 0.0170. The number of pyridine rings is 1. The van der Waals surface area contributed by atoms with Gasteiger partial charge < -0.3 is 14.6 Å². The number of carbonyl (C=O) groups excluding carboxylic acids is 1. The van der Waals surface area contributed by atoms with E-state index in [-0.39, 0.29) is 17.8 Å². The summed E-state index contributed by atoms with van der Waals surface area (Å²) in [5.41, 5.74) is 0.727. The molecule has 0 atom stereocenters. The Labute approximate surface area is 144 Å². The second-order valence-corrected chi connectivity index (χ2v) is 7.41. The molecule has 2 aromatic heterocycles. The highest BCUT2D eigenvalue weighted by atomic mass is 35.5. The van der Waals surface area contributed by atoms with Crippen molar-refractivity contribution in [1.82, 2.24) is 19.4 Å². The molecule has 130 valence electrons. The molecule has 1 amide bonds. The molecule has 0 aromatic carbocycles. The second-order valence-electron chi connectivity index (χ2n) is 7.02. The van der Waals surface area contributed by atoms with Crippen molar-refractivity contribution in [3.63, 3.8) is 0 Å². The van der Waals surface area contributed by atoms with Gasteiger partial charge in [0.25, 0.3) is 0 Å². The molecule has 1 saturated heterocycles. The largest absolute Gasteiger partial charge is 0.444 e. The summed E-state index contributed by atoms with van der Waals surface area (Å²) in [5, 5.41) is 0.349. The number of likely N-dealkylation sites (tertiary alicyclic amines) is 1. The number of carbonyl (C=O) groups is 1. The van der Waals surface area contributed by atoms with Crippen molar-refractivity contribution in [1.29, 1.82) is 0 Å². The van der Waals surface area contributed by atoms with Crippen LogP contribution in [-0.4, -0.2) is 44.2 Å². The summed E-state index contributed by atoms with van der Waals surface area (Å²) in [5.74, 6) is 0. The number of aromatic nitrogens is 3. The highest BCUT2D eigenvalue weighted by Crippen LogP contribution is 2.26. The number of fused-ring (bicyclic) bond motifs is 1. The molecule has 0 bridgehead atoms. The summed E-state index contributed by atoms with van der Waals surface area (Å²) in [6.45, 7) is 6.65. The van der Waals surface area contributed by atoms with Crippen LogP contribution < -0.4 is 5.69 Å². The number of piperidine rings is 1. The monoisotopic (exact) mass is 352 g/mol. The molecule has 1 aliphatic rings. The van der Waals surface area contributed by atoms with Crippen LogP contribution in [0.15, 0.2) is 17.1 Å². The van der Waals surface area contributed by atoms with Crippen molar-refractivity contribution in [2.45, 2.75) is 45.3 Å². The zero-order chi connectivity index (χ0) is 17.5. The van der Waals surface area contributed by atoms with Gasteiger partial charge in [0, 0.05) is 25.2 Å². The van der Waals surface area contributed by atoms with Crippen molar-refractivity contribution in [3.05, 3.63) is 27.9 Å². The van der Waals surface area contributed by atoms with Gasteiger partial charge in [-0.15, -0.1) is 0 Å². The van der Waals surface area contributed by atoms with Gasteiger partial charge in [0.15, 0.2) is 0 Å². The molecule has 8 heteroatoms. The van der Waals surface area contributed by atoms with Gasteiger partial charge in [-0.25, -0.2) is 14.6 Å². The Bertz CT molecular complexity index is 813. The van der Waals surface area contributed by atoms with Gasteiger partial charge in [-0.05, 0) is 33.6 Å². The molecule has 1 N–H and O–H groups in total. The topological polar surface area (TPSA) is 80.2 Å². The number of rotatable bonds is 1. The number of nitrogens with zero attached hydrogens (tertiary/aromatic N) is 3. The van der Waals surface area contributed by atoms with Crippen molar-refractivity contribution in [3.8, 4) is 0 Å². The van der Waals surface area contributed by atoms with E-state index in [4.69, 9.17) is 16.3 Å². The van der Waals surface area contributed by atoms with Crippen LogP contribution >= 0.6 is 11.6 Å². The lowest BCUT2D eigenvalue weighted by Gasteiger charge is -2.33. The van der Waals surface area contributed by atoms with Gasteiger partial charge in [0.05, 0.1) is 17.2 Å². The molecule has 0 radical (unpaired) electrons. The summed E-state index contributed by atoms with van der Waals surface area (Å²) >= 11 is 5.96. The van der Waals surface area contributed by atoms with Gasteiger partial charge >= 0.3 is 11.8 Å². The van der Waals surface area contributed by atoms with Gasteiger partial charge in [-0.2, -0.15) is 0 Å². The molecule has 1 fully saturated rings. The first kappa shape index (κ1) is 16.8. The Morgan fingerprint density at radius 3 is 2.67 bits per heavy atom. The summed E-state index contributed by atoms with van der Waals surface area (Å²) in [4.78, 5) is 32.9. The maximum absolute atomic E-state index is 12.3. The molecule has 3 rings (SSSR count). The van der Waals surface area contributed by atoms with E-state index < -0.39 is 5.60 Å². The molecule has 0 spiro atoms. The van der Waals surface area contributed by atoms with Crippen LogP contribution in [0, 0.1) is 0 Å². The van der Waals surface area contributed by atoms with Crippen molar-refractivity contribution < 1.29 is 9.53 Å². The van der Waals surface area contributed by atoms with E-state index >= 15 is 0 Å². The maximum Gasteiger partial charge on any atom is 0.410 e. The predicted molar refractivity (Wildman–Crippen MR) is 91.4 cm³/mol. The lowest BCUT2D eigenvalue weighted by molar-refractivity contribution is 0.0189. The number of hydrogen-bond donors (Lipinski definition) is 1. The first-order valence-corrected chi connectivity index (χ1v) is 8.36. The average molecular weight is 353 g/mol. The fourth-order valence-corrected chi connectivity index (χ4v) is 3.15. The second kappa shape index (κ2) is 6.12. The standard InChI is InChI=1S/C16H21ClN4O3/c1-16(2,3)24-15(23)20-6-4-10(5-7-20)21-12-8-13(17)18-9-11(12)19-14(21)22/h8-10H,4-7H2,1-3H3,(H,19,22). The molecule has 0 aliphatic carbocycles. The molecule has 1 aliphatic heterocycles. The van der Waals surface area contributed by atoms with Gasteiger partial charge in [0.1, 0.15) is 10.8 Å². The summed E-state index contributed by atoms with van der Waals surface area (Å²) in [6.07, 6.45) is 2.63. The van der Waals surface area contributed by atoms with Gasteiger partial charge in [-0.3, -0.25) is 4.57 Å². The number of H-pyrrole nitrogens is 1. The lowest BCUT2D eigenvalue weighted by Crippen LogP contribution is -2.43. The van der Waals surface area contributed by atoms with Crippen LogP contribution in [0.25, 0.3) is 11.0 Å². The first-order chi connectivity index (χ1) is 11.2. The SMILES string of the molecule is CC(C)(C)OC(=O)N1CCC(n2c(=O)[nH]c3cnc(Cl)cc32)CC1. The third kappa shape index (κ3) is 3.40. The molecule has 0 saturated carbocycles. The Hall–Kier alpha value is -2.02. The number of amides is 1.